The van der Waals surface area contributed by atoms with Crippen LogP contribution in [0.15, 0.2) is 51.4 Å². The van der Waals surface area contributed by atoms with Crippen molar-refractivity contribution >= 4 is 38.5 Å². The molecule has 1 unspecified atom stereocenters. The third kappa shape index (κ3) is 2.73. The molecular formula is C17H15BrClNO. The molecule has 0 saturated heterocycles. The Kier molecular flexibility index (Phi) is 4.07. The highest BCUT2D eigenvalue weighted by Gasteiger charge is 2.19. The number of furan rings is 1. The summed E-state index contributed by atoms with van der Waals surface area (Å²) in [6.07, 6.45) is 0. The predicted molar refractivity (Wildman–Crippen MR) is 91.0 cm³/mol. The Labute approximate surface area is 137 Å². The first-order valence-corrected chi connectivity index (χ1v) is 7.88. The Bertz CT molecular complexity index is 797. The van der Waals surface area contributed by atoms with Gasteiger partial charge in [0.15, 0.2) is 5.58 Å². The normalized spacial score (nSPS) is 12.8. The van der Waals surface area contributed by atoms with E-state index >= 15 is 0 Å². The van der Waals surface area contributed by atoms with E-state index in [1.54, 1.807) is 0 Å². The Morgan fingerprint density at radius 2 is 2.00 bits per heavy atom. The average Bonchev–Trinajstić information content (AvgIpc) is 2.87. The quantitative estimate of drug-likeness (QED) is 0.667. The van der Waals surface area contributed by atoms with Crippen molar-refractivity contribution < 1.29 is 4.42 Å². The van der Waals surface area contributed by atoms with Gasteiger partial charge in [0.1, 0.15) is 5.76 Å². The summed E-state index contributed by atoms with van der Waals surface area (Å²) in [6, 6.07) is 14.1. The molecule has 0 spiro atoms. The molecule has 0 bridgehead atoms. The summed E-state index contributed by atoms with van der Waals surface area (Å²) >= 11 is 9.83. The van der Waals surface area contributed by atoms with Gasteiger partial charge in [0.2, 0.25) is 0 Å². The lowest BCUT2D eigenvalue weighted by Crippen LogP contribution is -2.17. The fourth-order valence-corrected chi connectivity index (χ4v) is 3.45. The molecule has 0 fully saturated rings. The third-order valence-electron chi connectivity index (χ3n) is 3.56. The SMILES string of the molecule is CNC(c1cc2cccc(Cl)c2o1)c1ccc(C)cc1Br. The lowest BCUT2D eigenvalue weighted by atomic mass is 10.0. The zero-order chi connectivity index (χ0) is 15.0. The second-order valence-electron chi connectivity index (χ2n) is 5.05. The van der Waals surface area contributed by atoms with Crippen LogP contribution in [0.2, 0.25) is 5.02 Å². The van der Waals surface area contributed by atoms with Gasteiger partial charge in [-0.2, -0.15) is 0 Å². The number of hydrogen-bond donors (Lipinski definition) is 1. The minimum Gasteiger partial charge on any atom is -0.457 e. The summed E-state index contributed by atoms with van der Waals surface area (Å²) in [5, 5.41) is 4.96. The Morgan fingerprint density at radius 1 is 1.19 bits per heavy atom. The van der Waals surface area contributed by atoms with E-state index in [-0.39, 0.29) is 6.04 Å². The molecule has 1 N–H and O–H groups in total. The van der Waals surface area contributed by atoms with Gasteiger partial charge in [-0.3, -0.25) is 0 Å². The van der Waals surface area contributed by atoms with Crippen molar-refractivity contribution in [2.45, 2.75) is 13.0 Å². The van der Waals surface area contributed by atoms with E-state index in [4.69, 9.17) is 16.0 Å². The molecule has 1 aromatic heterocycles. The van der Waals surface area contributed by atoms with Crippen molar-refractivity contribution in [3.8, 4) is 0 Å². The molecule has 4 heteroatoms. The minimum atomic E-state index is -0.0246. The smallest absolute Gasteiger partial charge is 0.152 e. The maximum absolute atomic E-state index is 6.19. The average molecular weight is 365 g/mol. The first-order chi connectivity index (χ1) is 10.1. The van der Waals surface area contributed by atoms with E-state index in [2.05, 4.69) is 46.4 Å². The first-order valence-electron chi connectivity index (χ1n) is 6.71. The van der Waals surface area contributed by atoms with Crippen molar-refractivity contribution in [1.29, 1.82) is 0 Å². The zero-order valence-electron chi connectivity index (χ0n) is 11.8. The van der Waals surface area contributed by atoms with E-state index in [0.717, 1.165) is 26.8 Å². The number of halogens is 2. The summed E-state index contributed by atoms with van der Waals surface area (Å²) in [5.41, 5.74) is 3.09. The highest BCUT2D eigenvalue weighted by Crippen LogP contribution is 2.34. The molecule has 1 atom stereocenters. The van der Waals surface area contributed by atoms with Crippen LogP contribution in [-0.2, 0) is 0 Å². The summed E-state index contributed by atoms with van der Waals surface area (Å²) in [7, 11) is 1.92. The van der Waals surface area contributed by atoms with Gasteiger partial charge in [0, 0.05) is 9.86 Å². The number of fused-ring (bicyclic) bond motifs is 1. The van der Waals surface area contributed by atoms with Crippen LogP contribution in [0.25, 0.3) is 11.0 Å². The van der Waals surface area contributed by atoms with Crippen molar-refractivity contribution in [2.24, 2.45) is 0 Å². The molecule has 2 nitrogen and oxygen atoms in total. The maximum Gasteiger partial charge on any atom is 0.152 e. The number of hydrogen-bond acceptors (Lipinski definition) is 2. The van der Waals surface area contributed by atoms with Gasteiger partial charge < -0.3 is 9.73 Å². The van der Waals surface area contributed by atoms with Crippen LogP contribution >= 0.6 is 27.5 Å². The van der Waals surface area contributed by atoms with E-state index in [1.807, 2.05) is 31.3 Å². The number of aryl methyl sites for hydroxylation is 1. The molecule has 2 aromatic carbocycles. The summed E-state index contributed by atoms with van der Waals surface area (Å²) < 4.78 is 7.04. The van der Waals surface area contributed by atoms with Crippen LogP contribution in [0.4, 0.5) is 0 Å². The van der Waals surface area contributed by atoms with E-state index in [0.29, 0.717) is 5.02 Å². The van der Waals surface area contributed by atoms with E-state index < -0.39 is 0 Å². The van der Waals surface area contributed by atoms with Crippen LogP contribution in [0.1, 0.15) is 22.9 Å². The molecule has 0 aliphatic heterocycles. The Morgan fingerprint density at radius 3 is 2.67 bits per heavy atom. The molecule has 108 valence electrons. The van der Waals surface area contributed by atoms with Gasteiger partial charge in [-0.1, -0.05) is 51.8 Å². The highest BCUT2D eigenvalue weighted by atomic mass is 79.9. The minimum absolute atomic E-state index is 0.0246. The summed E-state index contributed by atoms with van der Waals surface area (Å²) in [4.78, 5) is 0. The predicted octanol–water partition coefficient (Wildman–Crippen LogP) is 5.47. The molecule has 0 saturated carbocycles. The lowest BCUT2D eigenvalue weighted by Gasteiger charge is -2.16. The summed E-state index contributed by atoms with van der Waals surface area (Å²) in [5.74, 6) is 0.852. The largest absolute Gasteiger partial charge is 0.457 e. The molecule has 21 heavy (non-hydrogen) atoms. The molecule has 0 aliphatic carbocycles. The maximum atomic E-state index is 6.19. The summed E-state index contributed by atoms with van der Waals surface area (Å²) in [6.45, 7) is 2.07. The molecular weight excluding hydrogens is 350 g/mol. The number of para-hydroxylation sites is 1. The Hall–Kier alpha value is -1.29. The lowest BCUT2D eigenvalue weighted by molar-refractivity contribution is 0.491. The van der Waals surface area contributed by atoms with Gasteiger partial charge >= 0.3 is 0 Å². The van der Waals surface area contributed by atoms with Gasteiger partial charge in [0.05, 0.1) is 11.1 Å². The van der Waals surface area contributed by atoms with Crippen LogP contribution in [0, 0.1) is 6.92 Å². The third-order valence-corrected chi connectivity index (χ3v) is 4.54. The fraction of sp³-hybridized carbons (Fsp3) is 0.176. The Balaban J connectivity index is 2.11. The van der Waals surface area contributed by atoms with Crippen LogP contribution in [0.3, 0.4) is 0 Å². The molecule has 0 amide bonds. The van der Waals surface area contributed by atoms with Gasteiger partial charge in [0.25, 0.3) is 0 Å². The molecule has 3 rings (SSSR count). The fourth-order valence-electron chi connectivity index (χ4n) is 2.51. The van der Waals surface area contributed by atoms with Gasteiger partial charge in [-0.05, 0) is 43.3 Å². The highest BCUT2D eigenvalue weighted by molar-refractivity contribution is 9.10. The van der Waals surface area contributed by atoms with Gasteiger partial charge in [-0.25, -0.2) is 0 Å². The number of nitrogens with one attached hydrogen (secondary N) is 1. The van der Waals surface area contributed by atoms with Crippen molar-refractivity contribution in [2.75, 3.05) is 7.05 Å². The van der Waals surface area contributed by atoms with Crippen molar-refractivity contribution in [1.82, 2.24) is 5.32 Å². The van der Waals surface area contributed by atoms with E-state index in [9.17, 15) is 0 Å². The van der Waals surface area contributed by atoms with Crippen LogP contribution in [-0.4, -0.2) is 7.05 Å². The van der Waals surface area contributed by atoms with Crippen LogP contribution < -0.4 is 5.32 Å². The number of benzene rings is 2. The van der Waals surface area contributed by atoms with Crippen molar-refractivity contribution in [3.63, 3.8) is 0 Å². The van der Waals surface area contributed by atoms with Crippen LogP contribution in [0.5, 0.6) is 0 Å². The first kappa shape index (κ1) is 14.6. The zero-order valence-corrected chi connectivity index (χ0v) is 14.1. The van der Waals surface area contributed by atoms with Crippen molar-refractivity contribution in [3.05, 3.63) is 68.8 Å². The topological polar surface area (TPSA) is 25.2 Å². The molecule has 3 aromatic rings. The monoisotopic (exact) mass is 363 g/mol. The molecule has 0 radical (unpaired) electrons. The van der Waals surface area contributed by atoms with E-state index in [1.165, 1.54) is 5.56 Å². The standard InChI is InChI=1S/C17H15BrClNO/c1-10-6-7-12(13(18)8-10)16(20-2)15-9-11-4-3-5-14(19)17(11)21-15/h3-9,16,20H,1-2H3. The van der Waals surface area contributed by atoms with Gasteiger partial charge in [-0.15, -0.1) is 0 Å². The molecule has 1 heterocycles. The second-order valence-corrected chi connectivity index (χ2v) is 6.32. The second kappa shape index (κ2) is 5.84. The molecule has 0 aliphatic rings. The number of rotatable bonds is 3.